The molecule has 7 heteroatoms. The molecule has 28 heavy (non-hydrogen) atoms. The number of hydrogen-bond acceptors (Lipinski definition) is 4. The Balaban J connectivity index is 1.39. The summed E-state index contributed by atoms with van der Waals surface area (Å²) in [5.74, 6) is -0.0585. The molecule has 2 aromatic carbocycles. The SMILES string of the molecule is COc1ccc(CN2CCN(C(=O)c3cc(C)c4nc[nH]c4c3)CC2)cc1F. The van der Waals surface area contributed by atoms with Crippen LogP contribution in [0.3, 0.4) is 0 Å². The predicted octanol–water partition coefficient (Wildman–Crippen LogP) is 2.98. The van der Waals surface area contributed by atoms with Crippen LogP contribution >= 0.6 is 0 Å². The summed E-state index contributed by atoms with van der Waals surface area (Å²) < 4.78 is 18.8. The first kappa shape index (κ1) is 18.4. The van der Waals surface area contributed by atoms with Crippen LogP contribution in [-0.2, 0) is 6.54 Å². The highest BCUT2D eigenvalue weighted by atomic mass is 19.1. The van der Waals surface area contributed by atoms with Gasteiger partial charge in [-0.2, -0.15) is 0 Å². The average Bonchev–Trinajstić information content (AvgIpc) is 3.17. The van der Waals surface area contributed by atoms with E-state index in [1.807, 2.05) is 30.0 Å². The van der Waals surface area contributed by atoms with Gasteiger partial charge in [-0.1, -0.05) is 6.07 Å². The lowest BCUT2D eigenvalue weighted by molar-refractivity contribution is 0.0628. The van der Waals surface area contributed by atoms with E-state index >= 15 is 0 Å². The molecule has 1 aliphatic heterocycles. The molecule has 1 aliphatic rings. The van der Waals surface area contributed by atoms with Gasteiger partial charge in [-0.15, -0.1) is 0 Å². The highest BCUT2D eigenvalue weighted by molar-refractivity contribution is 5.98. The normalized spacial score (nSPS) is 15.2. The Morgan fingerprint density at radius 3 is 2.71 bits per heavy atom. The molecule has 1 aromatic heterocycles. The standard InChI is InChI=1S/C21H23FN4O2/c1-14-9-16(11-18-20(14)24-13-23-18)21(27)26-7-5-25(6-8-26)12-15-3-4-19(28-2)17(22)10-15/h3-4,9-11,13H,5-8,12H2,1-2H3,(H,23,24). The third kappa shape index (κ3) is 3.57. The molecule has 1 N–H and O–H groups in total. The largest absolute Gasteiger partial charge is 0.494 e. The zero-order chi connectivity index (χ0) is 19.7. The zero-order valence-electron chi connectivity index (χ0n) is 16.0. The number of aromatic amines is 1. The van der Waals surface area contributed by atoms with Gasteiger partial charge in [0.25, 0.3) is 5.91 Å². The van der Waals surface area contributed by atoms with E-state index in [0.29, 0.717) is 25.2 Å². The number of methoxy groups -OCH3 is 1. The summed E-state index contributed by atoms with van der Waals surface area (Å²) in [5.41, 5.74) is 4.34. The highest BCUT2D eigenvalue weighted by Crippen LogP contribution is 2.21. The van der Waals surface area contributed by atoms with E-state index in [4.69, 9.17) is 4.74 Å². The number of fused-ring (bicyclic) bond motifs is 1. The summed E-state index contributed by atoms with van der Waals surface area (Å²) in [6.07, 6.45) is 1.65. The molecule has 0 aliphatic carbocycles. The lowest BCUT2D eigenvalue weighted by Gasteiger charge is -2.35. The number of carbonyl (C=O) groups excluding carboxylic acids is 1. The Kier molecular flexibility index (Phi) is 5.00. The van der Waals surface area contributed by atoms with Crippen LogP contribution in [0.2, 0.25) is 0 Å². The van der Waals surface area contributed by atoms with E-state index in [9.17, 15) is 9.18 Å². The van der Waals surface area contributed by atoms with Crippen LogP contribution in [0.25, 0.3) is 11.0 Å². The van der Waals surface area contributed by atoms with Crippen molar-refractivity contribution in [2.75, 3.05) is 33.3 Å². The fraction of sp³-hybridized carbons (Fsp3) is 0.333. The Morgan fingerprint density at radius 2 is 2.00 bits per heavy atom. The number of nitrogens with zero attached hydrogens (tertiary/aromatic N) is 3. The molecular weight excluding hydrogens is 359 g/mol. The maximum Gasteiger partial charge on any atom is 0.254 e. The molecule has 0 saturated carbocycles. The van der Waals surface area contributed by atoms with Crippen LogP contribution in [0.1, 0.15) is 21.5 Å². The van der Waals surface area contributed by atoms with Gasteiger partial charge in [0.1, 0.15) is 0 Å². The lowest BCUT2D eigenvalue weighted by Crippen LogP contribution is -2.48. The van der Waals surface area contributed by atoms with Crippen LogP contribution in [0.4, 0.5) is 4.39 Å². The van der Waals surface area contributed by atoms with E-state index in [-0.39, 0.29) is 17.5 Å². The predicted molar refractivity (Wildman–Crippen MR) is 105 cm³/mol. The molecule has 0 spiro atoms. The summed E-state index contributed by atoms with van der Waals surface area (Å²) in [5, 5.41) is 0. The van der Waals surface area contributed by atoms with Crippen molar-refractivity contribution in [3.8, 4) is 5.75 Å². The van der Waals surface area contributed by atoms with Crippen molar-refractivity contribution in [1.82, 2.24) is 19.8 Å². The third-order valence-corrected chi connectivity index (χ3v) is 5.24. The van der Waals surface area contributed by atoms with Gasteiger partial charge in [-0.05, 0) is 42.3 Å². The molecule has 0 bridgehead atoms. The Labute approximate surface area is 162 Å². The van der Waals surface area contributed by atoms with E-state index in [0.717, 1.165) is 35.2 Å². The number of aromatic nitrogens is 2. The topological polar surface area (TPSA) is 61.5 Å². The lowest BCUT2D eigenvalue weighted by atomic mass is 10.1. The van der Waals surface area contributed by atoms with Crippen LogP contribution in [0.15, 0.2) is 36.7 Å². The molecule has 1 saturated heterocycles. The number of rotatable bonds is 4. The Hall–Kier alpha value is -2.93. The number of carbonyl (C=O) groups is 1. The molecule has 146 valence electrons. The van der Waals surface area contributed by atoms with Gasteiger partial charge in [-0.25, -0.2) is 9.37 Å². The van der Waals surface area contributed by atoms with Crippen LogP contribution in [0.5, 0.6) is 5.75 Å². The van der Waals surface area contributed by atoms with Crippen molar-refractivity contribution in [2.24, 2.45) is 0 Å². The first-order valence-electron chi connectivity index (χ1n) is 9.33. The minimum atomic E-state index is -0.349. The van der Waals surface area contributed by atoms with Crippen molar-refractivity contribution in [1.29, 1.82) is 0 Å². The molecule has 3 aromatic rings. The third-order valence-electron chi connectivity index (χ3n) is 5.24. The number of hydrogen-bond donors (Lipinski definition) is 1. The molecule has 0 radical (unpaired) electrons. The molecule has 4 rings (SSSR count). The van der Waals surface area contributed by atoms with E-state index in [1.54, 1.807) is 12.4 Å². The number of nitrogens with one attached hydrogen (secondary N) is 1. The number of amides is 1. The van der Waals surface area contributed by atoms with Gasteiger partial charge < -0.3 is 14.6 Å². The monoisotopic (exact) mass is 382 g/mol. The fourth-order valence-electron chi connectivity index (χ4n) is 3.71. The van der Waals surface area contributed by atoms with Gasteiger partial charge in [0.2, 0.25) is 0 Å². The first-order chi connectivity index (χ1) is 13.5. The Bertz CT molecular complexity index is 1010. The number of ether oxygens (including phenoxy) is 1. The molecule has 1 fully saturated rings. The smallest absolute Gasteiger partial charge is 0.254 e. The minimum absolute atomic E-state index is 0.0368. The summed E-state index contributed by atoms with van der Waals surface area (Å²) in [7, 11) is 1.46. The van der Waals surface area contributed by atoms with E-state index < -0.39 is 0 Å². The van der Waals surface area contributed by atoms with Crippen molar-refractivity contribution in [3.63, 3.8) is 0 Å². The van der Waals surface area contributed by atoms with Gasteiger partial charge in [0.15, 0.2) is 11.6 Å². The van der Waals surface area contributed by atoms with Crippen molar-refractivity contribution < 1.29 is 13.9 Å². The fourth-order valence-corrected chi connectivity index (χ4v) is 3.71. The summed E-state index contributed by atoms with van der Waals surface area (Å²) in [6, 6.07) is 8.81. The van der Waals surface area contributed by atoms with Crippen molar-refractivity contribution in [3.05, 3.63) is 59.2 Å². The minimum Gasteiger partial charge on any atom is -0.494 e. The molecule has 0 unspecified atom stereocenters. The number of imidazole rings is 1. The second-order valence-electron chi connectivity index (χ2n) is 7.13. The molecule has 0 atom stereocenters. The number of benzene rings is 2. The average molecular weight is 382 g/mol. The Morgan fingerprint density at radius 1 is 1.21 bits per heavy atom. The van der Waals surface area contributed by atoms with Crippen molar-refractivity contribution >= 4 is 16.9 Å². The highest BCUT2D eigenvalue weighted by Gasteiger charge is 2.23. The second kappa shape index (κ2) is 7.59. The van der Waals surface area contributed by atoms with E-state index in [1.165, 1.54) is 13.2 Å². The molecular formula is C21H23FN4O2. The maximum atomic E-state index is 13.9. The first-order valence-corrected chi connectivity index (χ1v) is 9.33. The number of halogens is 1. The quantitative estimate of drug-likeness (QED) is 0.754. The van der Waals surface area contributed by atoms with Gasteiger partial charge in [0.05, 0.1) is 24.5 Å². The van der Waals surface area contributed by atoms with Crippen LogP contribution in [0, 0.1) is 12.7 Å². The van der Waals surface area contributed by atoms with Gasteiger partial charge in [-0.3, -0.25) is 9.69 Å². The summed E-state index contributed by atoms with van der Waals surface area (Å²) in [6.45, 7) is 5.43. The van der Waals surface area contributed by atoms with Crippen LogP contribution in [-0.4, -0.2) is 59.0 Å². The molecule has 1 amide bonds. The molecule has 6 nitrogen and oxygen atoms in total. The number of H-pyrrole nitrogens is 1. The van der Waals surface area contributed by atoms with Gasteiger partial charge >= 0.3 is 0 Å². The van der Waals surface area contributed by atoms with E-state index in [2.05, 4.69) is 14.9 Å². The maximum absolute atomic E-state index is 13.9. The summed E-state index contributed by atoms with van der Waals surface area (Å²) in [4.78, 5) is 24.4. The van der Waals surface area contributed by atoms with Crippen LogP contribution < -0.4 is 4.74 Å². The number of aryl methyl sites for hydroxylation is 1. The summed E-state index contributed by atoms with van der Waals surface area (Å²) >= 11 is 0. The zero-order valence-corrected chi connectivity index (χ0v) is 16.0. The van der Waals surface area contributed by atoms with Crippen molar-refractivity contribution in [2.45, 2.75) is 13.5 Å². The second-order valence-corrected chi connectivity index (χ2v) is 7.13. The van der Waals surface area contributed by atoms with Gasteiger partial charge in [0, 0.05) is 38.3 Å². The molecule has 2 heterocycles. The number of piperazine rings is 1.